The molecule has 1 amide bonds. The number of nitrogens with zero attached hydrogens (tertiary/aromatic N) is 1. The molecule has 6 atom stereocenters. The van der Waals surface area contributed by atoms with Crippen LogP contribution < -0.4 is 14.4 Å². The number of fused-ring (bicyclic) bond motifs is 4. The minimum absolute atomic E-state index is 0.0754. The largest absolute Gasteiger partial charge is 0.490 e. The van der Waals surface area contributed by atoms with E-state index in [1.807, 2.05) is 39.0 Å². The van der Waals surface area contributed by atoms with Crippen LogP contribution in [0.5, 0.6) is 5.75 Å². The van der Waals surface area contributed by atoms with E-state index in [2.05, 4.69) is 21.8 Å². The highest BCUT2D eigenvalue weighted by Crippen LogP contribution is 2.46. The van der Waals surface area contributed by atoms with Gasteiger partial charge in [-0.25, -0.2) is 13.1 Å². The Morgan fingerprint density at radius 2 is 1.95 bits per heavy atom. The molecule has 2 aliphatic heterocycles. The molecule has 2 N–H and O–H groups in total. The minimum atomic E-state index is -3.96. The Bertz CT molecular complexity index is 1520. The first-order valence-electron chi connectivity index (χ1n) is 15.7. The zero-order valence-electron chi connectivity index (χ0n) is 25.3. The molecule has 9 heteroatoms. The van der Waals surface area contributed by atoms with E-state index in [4.69, 9.17) is 16.3 Å². The number of aliphatic hydroxyl groups is 1. The van der Waals surface area contributed by atoms with E-state index in [0.29, 0.717) is 31.9 Å². The van der Waals surface area contributed by atoms with Gasteiger partial charge in [0, 0.05) is 29.1 Å². The van der Waals surface area contributed by atoms with E-state index >= 15 is 0 Å². The van der Waals surface area contributed by atoms with Crippen molar-refractivity contribution in [1.82, 2.24) is 4.72 Å². The second-order valence-electron chi connectivity index (χ2n) is 13.6. The maximum Gasteiger partial charge on any atom is 0.264 e. The second-order valence-corrected chi connectivity index (χ2v) is 16.0. The molecule has 1 fully saturated rings. The van der Waals surface area contributed by atoms with Crippen molar-refractivity contribution in [3.8, 4) is 5.75 Å². The fraction of sp³-hybridized carbons (Fsp3) is 0.559. The number of sulfonamides is 1. The van der Waals surface area contributed by atoms with Gasteiger partial charge >= 0.3 is 0 Å². The van der Waals surface area contributed by atoms with Gasteiger partial charge in [0.1, 0.15) is 5.75 Å². The Hall–Kier alpha value is -2.55. The van der Waals surface area contributed by atoms with Crippen LogP contribution in [0.4, 0.5) is 5.69 Å². The SMILES string of the molecule is CC(C)[C@@H]1C[C@H](C)/C=C/C(O)C2CCC2CN2CC3(CCCc4cc(Cl)ccc43)COc3ccc(cc32)C(=O)NS1(=O)=O. The molecule has 6 rings (SSSR count). The normalized spacial score (nSPS) is 32.9. The van der Waals surface area contributed by atoms with E-state index in [-0.39, 0.29) is 34.7 Å². The molecular formula is C34H43ClN2O5S. The highest BCUT2D eigenvalue weighted by molar-refractivity contribution is 7.90. The summed E-state index contributed by atoms with van der Waals surface area (Å²) in [7, 11) is -3.96. The fourth-order valence-corrected chi connectivity index (χ4v) is 9.72. The average Bonchev–Trinajstić information content (AvgIpc) is 3.08. The van der Waals surface area contributed by atoms with Gasteiger partial charge in [0.05, 0.1) is 23.6 Å². The van der Waals surface area contributed by atoms with Crippen LogP contribution in [0.25, 0.3) is 0 Å². The van der Waals surface area contributed by atoms with E-state index in [1.165, 1.54) is 11.1 Å². The number of hydrogen-bond donors (Lipinski definition) is 2. The lowest BCUT2D eigenvalue weighted by Gasteiger charge is -2.45. The van der Waals surface area contributed by atoms with Crippen molar-refractivity contribution in [3.05, 3.63) is 70.3 Å². The Morgan fingerprint density at radius 3 is 2.70 bits per heavy atom. The number of nitrogens with one attached hydrogen (secondary N) is 1. The number of rotatable bonds is 1. The van der Waals surface area contributed by atoms with Crippen LogP contribution in [0.3, 0.4) is 0 Å². The Labute approximate surface area is 260 Å². The molecule has 1 saturated carbocycles. The summed E-state index contributed by atoms with van der Waals surface area (Å²) in [6, 6.07) is 11.4. The van der Waals surface area contributed by atoms with E-state index in [0.717, 1.165) is 42.8 Å². The van der Waals surface area contributed by atoms with Crippen LogP contribution in [0, 0.1) is 23.7 Å². The predicted octanol–water partition coefficient (Wildman–Crippen LogP) is 5.88. The molecule has 1 spiro atoms. The summed E-state index contributed by atoms with van der Waals surface area (Å²) in [6.07, 6.45) is 8.49. The number of aryl methyl sites for hydroxylation is 1. The summed E-state index contributed by atoms with van der Waals surface area (Å²) < 4.78 is 35.9. The smallest absolute Gasteiger partial charge is 0.264 e. The first kappa shape index (κ1) is 30.5. The standard InChI is InChI=1S/C34H43ClN2O5S/c1-21(2)32-15-22(3)6-12-30(38)27-10-7-25(27)18-37-19-34(14-4-5-23-16-26(35)9-11-28(23)34)20-42-31-13-8-24(17-29(31)37)33(39)36-43(32,40)41/h6,8-9,11-13,16-17,21-22,25,27,30,32,38H,4-5,7,10,14-15,18-20H2,1-3H3,(H,36,39)/b12-6+/t22-,25?,27?,30?,32+,34?/m1/s1. The van der Waals surface area contributed by atoms with E-state index < -0.39 is 27.3 Å². The summed E-state index contributed by atoms with van der Waals surface area (Å²) in [4.78, 5) is 15.8. The molecule has 0 saturated heterocycles. The highest BCUT2D eigenvalue weighted by atomic mass is 35.5. The monoisotopic (exact) mass is 626 g/mol. The van der Waals surface area contributed by atoms with Gasteiger partial charge in [-0.15, -0.1) is 0 Å². The molecule has 2 aromatic rings. The van der Waals surface area contributed by atoms with Gasteiger partial charge in [-0.1, -0.05) is 50.6 Å². The Balaban J connectivity index is 1.43. The number of hydrogen-bond acceptors (Lipinski definition) is 6. The zero-order valence-corrected chi connectivity index (χ0v) is 26.8. The lowest BCUT2D eigenvalue weighted by molar-refractivity contribution is 0.0454. The summed E-state index contributed by atoms with van der Waals surface area (Å²) in [5.74, 6) is 0.185. The van der Waals surface area contributed by atoms with Crippen LogP contribution in [0.1, 0.15) is 74.4 Å². The van der Waals surface area contributed by atoms with E-state index in [9.17, 15) is 18.3 Å². The van der Waals surface area contributed by atoms with Gasteiger partial charge in [-0.2, -0.15) is 0 Å². The van der Waals surface area contributed by atoms with Crippen molar-refractivity contribution in [2.45, 2.75) is 76.1 Å². The molecular weight excluding hydrogens is 584 g/mol. The first-order chi connectivity index (χ1) is 20.5. The summed E-state index contributed by atoms with van der Waals surface area (Å²) in [5.41, 5.74) is 3.33. The third kappa shape index (κ3) is 5.95. The lowest BCUT2D eigenvalue weighted by atomic mass is 9.68. The maximum absolute atomic E-state index is 13.5. The van der Waals surface area contributed by atoms with Crippen LogP contribution in [-0.2, 0) is 21.9 Å². The Morgan fingerprint density at radius 1 is 1.14 bits per heavy atom. The number of amides is 1. The maximum atomic E-state index is 13.5. The number of anilines is 1. The van der Waals surface area contributed by atoms with Gasteiger partial charge in [0.15, 0.2) is 0 Å². The molecule has 43 heavy (non-hydrogen) atoms. The van der Waals surface area contributed by atoms with Gasteiger partial charge in [0.2, 0.25) is 10.0 Å². The fourth-order valence-electron chi connectivity index (χ4n) is 7.72. The third-order valence-electron chi connectivity index (χ3n) is 10.3. The van der Waals surface area contributed by atoms with Crippen LogP contribution in [0.2, 0.25) is 5.02 Å². The summed E-state index contributed by atoms with van der Waals surface area (Å²) in [5, 5.41) is 11.2. The number of benzene rings is 2. The molecule has 7 nitrogen and oxygen atoms in total. The van der Waals surface area contributed by atoms with Gasteiger partial charge in [-0.3, -0.25) is 4.79 Å². The quantitative estimate of drug-likeness (QED) is 0.384. The van der Waals surface area contributed by atoms with Gasteiger partial charge in [0.25, 0.3) is 5.91 Å². The van der Waals surface area contributed by atoms with Crippen molar-refractivity contribution >= 4 is 33.2 Å². The number of aliphatic hydroxyl groups excluding tert-OH is 1. The van der Waals surface area contributed by atoms with Crippen molar-refractivity contribution in [1.29, 1.82) is 0 Å². The Kier molecular flexibility index (Phi) is 8.33. The van der Waals surface area contributed by atoms with Crippen molar-refractivity contribution in [2.24, 2.45) is 23.7 Å². The molecule has 232 valence electrons. The molecule has 2 heterocycles. The average molecular weight is 627 g/mol. The van der Waals surface area contributed by atoms with Crippen molar-refractivity contribution in [3.63, 3.8) is 0 Å². The second kappa shape index (κ2) is 11.8. The third-order valence-corrected chi connectivity index (χ3v) is 12.5. The van der Waals surface area contributed by atoms with Crippen molar-refractivity contribution in [2.75, 3.05) is 24.6 Å². The number of allylic oxidation sites excluding steroid dienone is 1. The zero-order chi connectivity index (χ0) is 30.5. The molecule has 2 aliphatic carbocycles. The molecule has 0 aromatic heterocycles. The minimum Gasteiger partial charge on any atom is -0.490 e. The number of carbonyl (C=O) groups is 1. The first-order valence-corrected chi connectivity index (χ1v) is 17.6. The molecule has 2 bridgehead atoms. The van der Waals surface area contributed by atoms with Crippen LogP contribution >= 0.6 is 11.6 Å². The number of carbonyl (C=O) groups excluding carboxylic acids is 1. The molecule has 0 radical (unpaired) electrons. The van der Waals surface area contributed by atoms with Crippen LogP contribution in [0.15, 0.2) is 48.6 Å². The number of halogens is 1. The topological polar surface area (TPSA) is 95.9 Å². The lowest BCUT2D eigenvalue weighted by Crippen LogP contribution is -2.49. The molecule has 4 aliphatic rings. The van der Waals surface area contributed by atoms with Gasteiger partial charge in [-0.05, 0) is 104 Å². The molecule has 2 aromatic carbocycles. The van der Waals surface area contributed by atoms with E-state index in [1.54, 1.807) is 18.2 Å². The summed E-state index contributed by atoms with van der Waals surface area (Å²) >= 11 is 6.40. The summed E-state index contributed by atoms with van der Waals surface area (Å²) in [6.45, 7) is 7.60. The predicted molar refractivity (Wildman–Crippen MR) is 170 cm³/mol. The number of ether oxygens (including phenoxy) is 1. The van der Waals surface area contributed by atoms with Crippen molar-refractivity contribution < 1.29 is 23.1 Å². The van der Waals surface area contributed by atoms with Crippen LogP contribution in [-0.4, -0.2) is 50.5 Å². The van der Waals surface area contributed by atoms with Gasteiger partial charge < -0.3 is 14.7 Å². The molecule has 4 unspecified atom stereocenters. The highest BCUT2D eigenvalue weighted by Gasteiger charge is 2.44.